The molecule has 0 bridgehead atoms. The van der Waals surface area contributed by atoms with E-state index in [1.807, 2.05) is 0 Å². The van der Waals surface area contributed by atoms with Gasteiger partial charge in [0.2, 0.25) is 11.9 Å². The fourth-order valence-corrected chi connectivity index (χ4v) is 1.35. The van der Waals surface area contributed by atoms with E-state index >= 15 is 0 Å². The minimum atomic E-state index is -0.0681. The Morgan fingerprint density at radius 2 is 2.57 bits per heavy atom. The second-order valence-corrected chi connectivity index (χ2v) is 3.29. The molecule has 1 aromatic heterocycles. The zero-order valence-corrected chi connectivity index (χ0v) is 7.91. The molecule has 1 unspecified atom stereocenters. The van der Waals surface area contributed by atoms with Crippen molar-refractivity contribution in [3.63, 3.8) is 0 Å². The third kappa shape index (κ3) is 1.90. The number of carbonyl (C=O) groups excluding carboxylic acids is 1. The van der Waals surface area contributed by atoms with Crippen LogP contribution in [0.2, 0.25) is 0 Å². The molecule has 1 atom stereocenters. The highest BCUT2D eigenvalue weighted by atomic mass is 16.5. The first kappa shape index (κ1) is 9.14. The number of rotatable bonds is 2. The van der Waals surface area contributed by atoms with Crippen molar-refractivity contribution >= 4 is 11.9 Å². The number of anilines is 1. The third-order valence-corrected chi connectivity index (χ3v) is 2.13. The second kappa shape index (κ2) is 3.75. The van der Waals surface area contributed by atoms with Crippen LogP contribution in [0, 0.1) is 12.8 Å². The summed E-state index contributed by atoms with van der Waals surface area (Å²) in [7, 11) is 0. The Kier molecular flexibility index (Phi) is 2.45. The fraction of sp³-hybridized carbons (Fsp3) is 0.625. The molecule has 6 nitrogen and oxygen atoms in total. The van der Waals surface area contributed by atoms with Crippen molar-refractivity contribution in [3.05, 3.63) is 5.82 Å². The Morgan fingerprint density at radius 3 is 3.14 bits per heavy atom. The Bertz CT molecular complexity index is 330. The quantitative estimate of drug-likeness (QED) is 0.702. The number of hydrogen-bond donors (Lipinski definition) is 2. The maximum atomic E-state index is 11.5. The number of aryl methyl sites for hydroxylation is 1. The number of hydrogen-bond acceptors (Lipinski definition) is 4. The molecule has 6 heteroatoms. The van der Waals surface area contributed by atoms with Gasteiger partial charge in [-0.2, -0.15) is 4.98 Å². The lowest BCUT2D eigenvalue weighted by atomic mass is 10.1. The summed E-state index contributed by atoms with van der Waals surface area (Å²) < 4.78 is 5.11. The van der Waals surface area contributed by atoms with Gasteiger partial charge in [-0.15, -0.1) is 5.10 Å². The molecule has 0 aliphatic carbocycles. The van der Waals surface area contributed by atoms with E-state index in [4.69, 9.17) is 4.74 Å². The molecule has 0 aromatic carbocycles. The van der Waals surface area contributed by atoms with Crippen LogP contribution in [0.4, 0.5) is 5.95 Å². The van der Waals surface area contributed by atoms with Crippen LogP contribution >= 0.6 is 0 Å². The van der Waals surface area contributed by atoms with Crippen LogP contribution in [0.3, 0.4) is 0 Å². The number of aromatic nitrogens is 3. The van der Waals surface area contributed by atoms with E-state index in [2.05, 4.69) is 20.5 Å². The molecule has 1 aromatic rings. The fourth-order valence-electron chi connectivity index (χ4n) is 1.35. The maximum Gasteiger partial charge on any atom is 0.248 e. The summed E-state index contributed by atoms with van der Waals surface area (Å²) in [5.74, 6) is 0.887. The maximum absolute atomic E-state index is 11.5. The predicted molar refractivity (Wildman–Crippen MR) is 48.7 cm³/mol. The van der Waals surface area contributed by atoms with E-state index in [1.54, 1.807) is 6.92 Å². The van der Waals surface area contributed by atoms with Crippen molar-refractivity contribution in [2.75, 3.05) is 18.5 Å². The van der Waals surface area contributed by atoms with Crippen molar-refractivity contribution in [3.8, 4) is 0 Å². The first-order valence-electron chi connectivity index (χ1n) is 4.53. The average Bonchev–Trinajstić information content (AvgIpc) is 2.75. The Morgan fingerprint density at radius 1 is 1.71 bits per heavy atom. The van der Waals surface area contributed by atoms with Crippen LogP contribution in [0.15, 0.2) is 0 Å². The smallest absolute Gasteiger partial charge is 0.248 e. The molecule has 1 saturated heterocycles. The van der Waals surface area contributed by atoms with E-state index in [-0.39, 0.29) is 11.8 Å². The molecular formula is C8H12N4O2. The van der Waals surface area contributed by atoms with Gasteiger partial charge in [0.05, 0.1) is 12.5 Å². The van der Waals surface area contributed by atoms with Crippen molar-refractivity contribution in [2.24, 2.45) is 5.92 Å². The summed E-state index contributed by atoms with van der Waals surface area (Å²) in [6.45, 7) is 2.93. The number of carbonyl (C=O) groups is 1. The van der Waals surface area contributed by atoms with E-state index in [9.17, 15) is 4.79 Å². The minimum Gasteiger partial charge on any atom is -0.381 e. The first-order valence-corrected chi connectivity index (χ1v) is 4.53. The van der Waals surface area contributed by atoms with Crippen LogP contribution < -0.4 is 5.32 Å². The molecule has 1 aliphatic rings. The van der Waals surface area contributed by atoms with Gasteiger partial charge < -0.3 is 4.74 Å². The number of amides is 1. The average molecular weight is 196 g/mol. The lowest BCUT2D eigenvalue weighted by molar-refractivity contribution is -0.119. The van der Waals surface area contributed by atoms with E-state index in [0.29, 0.717) is 25.0 Å². The van der Waals surface area contributed by atoms with Crippen LogP contribution in [0.25, 0.3) is 0 Å². The van der Waals surface area contributed by atoms with E-state index in [0.717, 1.165) is 6.42 Å². The lowest BCUT2D eigenvalue weighted by Gasteiger charge is -2.04. The number of aromatic amines is 1. The third-order valence-electron chi connectivity index (χ3n) is 2.13. The van der Waals surface area contributed by atoms with Gasteiger partial charge in [0.25, 0.3) is 0 Å². The van der Waals surface area contributed by atoms with Crippen LogP contribution in [0.1, 0.15) is 12.2 Å². The molecule has 1 amide bonds. The summed E-state index contributed by atoms with van der Waals surface area (Å²) >= 11 is 0. The number of nitrogens with one attached hydrogen (secondary N) is 2. The van der Waals surface area contributed by atoms with Crippen LogP contribution in [0.5, 0.6) is 0 Å². The lowest BCUT2D eigenvalue weighted by Crippen LogP contribution is -2.23. The molecule has 1 fully saturated rings. The van der Waals surface area contributed by atoms with E-state index < -0.39 is 0 Å². The molecule has 0 radical (unpaired) electrons. The normalized spacial score (nSPS) is 21.1. The van der Waals surface area contributed by atoms with Crippen molar-refractivity contribution in [2.45, 2.75) is 13.3 Å². The monoisotopic (exact) mass is 196 g/mol. The van der Waals surface area contributed by atoms with Crippen molar-refractivity contribution < 1.29 is 9.53 Å². The largest absolute Gasteiger partial charge is 0.381 e. The van der Waals surface area contributed by atoms with Gasteiger partial charge in [-0.3, -0.25) is 15.2 Å². The van der Waals surface area contributed by atoms with Gasteiger partial charge >= 0.3 is 0 Å². The number of nitrogens with zero attached hydrogens (tertiary/aromatic N) is 2. The van der Waals surface area contributed by atoms with Gasteiger partial charge in [0.15, 0.2) is 0 Å². The second-order valence-electron chi connectivity index (χ2n) is 3.29. The predicted octanol–water partition coefficient (Wildman–Crippen LogP) is 0.0881. The van der Waals surface area contributed by atoms with Crippen LogP contribution in [-0.2, 0) is 9.53 Å². The Balaban J connectivity index is 1.93. The molecular weight excluding hydrogens is 184 g/mol. The van der Waals surface area contributed by atoms with E-state index in [1.165, 1.54) is 0 Å². The van der Waals surface area contributed by atoms with Crippen LogP contribution in [-0.4, -0.2) is 34.3 Å². The van der Waals surface area contributed by atoms with Gasteiger partial charge in [0, 0.05) is 6.61 Å². The van der Waals surface area contributed by atoms with Crippen molar-refractivity contribution in [1.82, 2.24) is 15.2 Å². The molecule has 0 spiro atoms. The highest BCUT2D eigenvalue weighted by Gasteiger charge is 2.24. The highest BCUT2D eigenvalue weighted by molar-refractivity contribution is 5.91. The van der Waals surface area contributed by atoms with Gasteiger partial charge in [-0.1, -0.05) is 0 Å². The number of H-pyrrole nitrogens is 1. The highest BCUT2D eigenvalue weighted by Crippen LogP contribution is 2.13. The topological polar surface area (TPSA) is 79.9 Å². The molecule has 2 rings (SSSR count). The zero-order valence-electron chi connectivity index (χ0n) is 7.91. The van der Waals surface area contributed by atoms with Gasteiger partial charge in [0.1, 0.15) is 5.82 Å². The van der Waals surface area contributed by atoms with Crippen molar-refractivity contribution in [1.29, 1.82) is 0 Å². The summed E-state index contributed by atoms with van der Waals surface area (Å²) in [6.07, 6.45) is 0.773. The SMILES string of the molecule is Cc1nc(NC(=O)C2CCOC2)n[nH]1. The van der Waals surface area contributed by atoms with Gasteiger partial charge in [-0.05, 0) is 13.3 Å². The minimum absolute atomic E-state index is 0.0613. The molecule has 14 heavy (non-hydrogen) atoms. The zero-order chi connectivity index (χ0) is 9.97. The summed E-state index contributed by atoms with van der Waals surface area (Å²) in [5, 5.41) is 9.11. The Labute approximate surface area is 81.1 Å². The molecule has 2 heterocycles. The molecule has 0 saturated carbocycles. The number of ether oxygens (including phenoxy) is 1. The molecule has 1 aliphatic heterocycles. The van der Waals surface area contributed by atoms with Gasteiger partial charge in [-0.25, -0.2) is 0 Å². The summed E-state index contributed by atoms with van der Waals surface area (Å²) in [4.78, 5) is 15.5. The summed E-state index contributed by atoms with van der Waals surface area (Å²) in [6, 6.07) is 0. The first-order chi connectivity index (χ1) is 6.75. The molecule has 76 valence electrons. The standard InChI is InChI=1S/C8H12N4O2/c1-5-9-8(12-11-5)10-7(13)6-2-3-14-4-6/h6H,2-4H2,1H3,(H2,9,10,11,12,13). The summed E-state index contributed by atoms with van der Waals surface area (Å²) in [5.41, 5.74) is 0. The Hall–Kier alpha value is -1.43. The molecule has 2 N–H and O–H groups in total.